The predicted molar refractivity (Wildman–Crippen MR) is 239 cm³/mol. The van der Waals surface area contributed by atoms with Gasteiger partial charge >= 0.3 is 0 Å². The van der Waals surface area contributed by atoms with Crippen molar-refractivity contribution in [3.8, 4) is 45.1 Å². The number of para-hydroxylation sites is 3. The molecule has 8 aromatic carbocycles. The van der Waals surface area contributed by atoms with Crippen molar-refractivity contribution < 1.29 is 4.42 Å². The second-order valence-electron chi connectivity index (χ2n) is 15.0. The average molecular weight is 743 g/mol. The van der Waals surface area contributed by atoms with Crippen molar-refractivity contribution in [2.75, 3.05) is 0 Å². The summed E-state index contributed by atoms with van der Waals surface area (Å²) >= 11 is 0. The quantitative estimate of drug-likeness (QED) is 0.176. The maximum Gasteiger partial charge on any atom is 0.180 e. The highest BCUT2D eigenvalue weighted by atomic mass is 16.3. The van der Waals surface area contributed by atoms with Crippen molar-refractivity contribution in [3.63, 3.8) is 0 Å². The van der Waals surface area contributed by atoms with Crippen molar-refractivity contribution in [2.45, 2.75) is 6.92 Å². The van der Waals surface area contributed by atoms with Gasteiger partial charge in [-0.15, -0.1) is 0 Å². The number of furan rings is 1. The van der Waals surface area contributed by atoms with E-state index in [1.54, 1.807) is 0 Å². The van der Waals surface area contributed by atoms with Gasteiger partial charge in [0, 0.05) is 49.4 Å². The van der Waals surface area contributed by atoms with Crippen LogP contribution in [0.1, 0.15) is 5.56 Å². The molecule has 0 amide bonds. The Kier molecular flexibility index (Phi) is 7.07. The summed E-state index contributed by atoms with van der Waals surface area (Å²) in [5.74, 6) is 0.667. The molecule has 0 spiro atoms. The van der Waals surface area contributed by atoms with Gasteiger partial charge in [-0.1, -0.05) is 133 Å². The molecule has 0 aliphatic rings. The van der Waals surface area contributed by atoms with Crippen LogP contribution in [0.4, 0.5) is 0 Å². The number of benzene rings is 8. The third-order valence-electron chi connectivity index (χ3n) is 11.7. The number of hydrogen-bond acceptors (Lipinski definition) is 3. The summed E-state index contributed by atoms with van der Waals surface area (Å²) < 4.78 is 11.4. The van der Waals surface area contributed by atoms with Crippen LogP contribution in [0.15, 0.2) is 192 Å². The van der Waals surface area contributed by atoms with Gasteiger partial charge in [-0.25, -0.2) is 9.97 Å². The molecule has 0 saturated carbocycles. The zero-order valence-electron chi connectivity index (χ0n) is 31.6. The Balaban J connectivity index is 1.07. The maximum atomic E-state index is 6.62. The zero-order chi connectivity index (χ0) is 38.3. The SMILES string of the molecule is Cc1ccccc1-n1c2ccccc2c2cc(-c3ccc4c5ccccc5n(-c5ccc6oc7c(-c8ccccc8)nc(-c8ccccc8)nc7c6c5)c4c3)ccc21. The number of fused-ring (bicyclic) bond motifs is 9. The van der Waals surface area contributed by atoms with Crippen LogP contribution >= 0.6 is 0 Å². The Morgan fingerprint density at radius 1 is 0.414 bits per heavy atom. The van der Waals surface area contributed by atoms with Crippen molar-refractivity contribution in [3.05, 3.63) is 194 Å². The Labute approximate surface area is 333 Å². The van der Waals surface area contributed by atoms with E-state index in [9.17, 15) is 0 Å². The molecule has 12 rings (SSSR count). The fourth-order valence-electron chi connectivity index (χ4n) is 8.93. The molecule has 272 valence electrons. The minimum absolute atomic E-state index is 0.667. The fraction of sp³-hybridized carbons (Fsp3) is 0.0189. The molecule has 0 aliphatic heterocycles. The normalized spacial score (nSPS) is 11.9. The van der Waals surface area contributed by atoms with Gasteiger partial charge in [0.2, 0.25) is 0 Å². The van der Waals surface area contributed by atoms with E-state index >= 15 is 0 Å². The summed E-state index contributed by atoms with van der Waals surface area (Å²) in [6.45, 7) is 2.18. The van der Waals surface area contributed by atoms with Crippen LogP contribution in [-0.2, 0) is 0 Å². The first-order valence-electron chi connectivity index (χ1n) is 19.7. The van der Waals surface area contributed by atoms with E-state index in [-0.39, 0.29) is 0 Å². The van der Waals surface area contributed by atoms with Gasteiger partial charge in [0.1, 0.15) is 16.8 Å². The molecule has 12 aromatic rings. The molecule has 58 heavy (non-hydrogen) atoms. The molecule has 0 unspecified atom stereocenters. The first-order valence-corrected chi connectivity index (χ1v) is 19.7. The average Bonchev–Trinajstić information content (AvgIpc) is 3.94. The minimum Gasteiger partial charge on any atom is -0.452 e. The van der Waals surface area contributed by atoms with E-state index in [1.165, 1.54) is 49.4 Å². The van der Waals surface area contributed by atoms with Crippen LogP contribution in [0, 0.1) is 6.92 Å². The van der Waals surface area contributed by atoms with E-state index < -0.39 is 0 Å². The Hall–Kier alpha value is -7.76. The molecule has 0 fully saturated rings. The third kappa shape index (κ3) is 4.90. The van der Waals surface area contributed by atoms with Gasteiger partial charge in [0.25, 0.3) is 0 Å². The van der Waals surface area contributed by atoms with Crippen molar-refractivity contribution in [1.82, 2.24) is 19.1 Å². The molecule has 0 atom stereocenters. The molecular weight excluding hydrogens is 709 g/mol. The van der Waals surface area contributed by atoms with Gasteiger partial charge in [-0.05, 0) is 78.2 Å². The summed E-state index contributed by atoms with van der Waals surface area (Å²) in [7, 11) is 0. The van der Waals surface area contributed by atoms with Crippen LogP contribution in [0.25, 0.3) is 111 Å². The van der Waals surface area contributed by atoms with Gasteiger partial charge in [-0.2, -0.15) is 0 Å². The van der Waals surface area contributed by atoms with E-state index in [2.05, 4.69) is 168 Å². The summed E-state index contributed by atoms with van der Waals surface area (Å²) in [6, 6.07) is 66.7. The molecule has 0 aliphatic carbocycles. The standard InChI is InChI=1S/C53H34N4O/c1-33-14-8-11-21-44(33)57-46-23-13-10-20-40(46)42-30-36(25-28-47(42)57)37-24-27-41-39-19-9-12-22-45(39)56(48(41)31-37)38-26-29-49-43(32-38)51-52(58-49)50(34-15-4-2-5-16-34)54-53(55-51)35-17-6-3-7-18-35/h2-32H,1H3. The molecule has 5 nitrogen and oxygen atoms in total. The van der Waals surface area contributed by atoms with Gasteiger partial charge in [0.05, 0.1) is 22.1 Å². The van der Waals surface area contributed by atoms with E-state index in [0.29, 0.717) is 11.4 Å². The Bertz CT molecular complexity index is 3570. The van der Waals surface area contributed by atoms with Crippen LogP contribution in [0.3, 0.4) is 0 Å². The van der Waals surface area contributed by atoms with Gasteiger partial charge < -0.3 is 13.6 Å². The number of rotatable bonds is 5. The second kappa shape index (κ2) is 12.6. The number of hydrogen-bond donors (Lipinski definition) is 0. The minimum atomic E-state index is 0.667. The number of nitrogens with zero attached hydrogens (tertiary/aromatic N) is 4. The van der Waals surface area contributed by atoms with Crippen LogP contribution in [0.2, 0.25) is 0 Å². The number of aryl methyl sites for hydroxylation is 1. The van der Waals surface area contributed by atoms with Crippen LogP contribution in [-0.4, -0.2) is 19.1 Å². The smallest absolute Gasteiger partial charge is 0.180 e. The number of aromatic nitrogens is 4. The summed E-state index contributed by atoms with van der Waals surface area (Å²) in [5, 5.41) is 5.84. The third-order valence-corrected chi connectivity index (χ3v) is 11.7. The summed E-state index contributed by atoms with van der Waals surface area (Å²) in [5.41, 5.74) is 15.5. The molecule has 4 heterocycles. The molecule has 0 radical (unpaired) electrons. The fourth-order valence-corrected chi connectivity index (χ4v) is 8.93. The summed E-state index contributed by atoms with van der Waals surface area (Å²) in [6.07, 6.45) is 0. The predicted octanol–water partition coefficient (Wildman–Crippen LogP) is 13.9. The van der Waals surface area contributed by atoms with Gasteiger partial charge in [-0.3, -0.25) is 0 Å². The monoisotopic (exact) mass is 742 g/mol. The highest BCUT2D eigenvalue weighted by molar-refractivity contribution is 6.13. The van der Waals surface area contributed by atoms with E-state index in [0.717, 1.165) is 55.6 Å². The first kappa shape index (κ1) is 32.5. The Morgan fingerprint density at radius 2 is 1.03 bits per heavy atom. The second-order valence-corrected chi connectivity index (χ2v) is 15.0. The topological polar surface area (TPSA) is 48.8 Å². The lowest BCUT2D eigenvalue weighted by molar-refractivity contribution is 0.667. The maximum absolute atomic E-state index is 6.62. The highest BCUT2D eigenvalue weighted by Crippen LogP contribution is 2.41. The van der Waals surface area contributed by atoms with Crippen molar-refractivity contribution >= 4 is 65.7 Å². The largest absolute Gasteiger partial charge is 0.452 e. The molecule has 5 heteroatoms. The van der Waals surface area contributed by atoms with E-state index in [4.69, 9.17) is 14.4 Å². The molecule has 0 saturated heterocycles. The molecular formula is C53H34N4O. The lowest BCUT2D eigenvalue weighted by atomic mass is 10.0. The zero-order valence-corrected chi connectivity index (χ0v) is 31.6. The summed E-state index contributed by atoms with van der Waals surface area (Å²) in [4.78, 5) is 10.3. The highest BCUT2D eigenvalue weighted by Gasteiger charge is 2.21. The van der Waals surface area contributed by atoms with Crippen molar-refractivity contribution in [1.29, 1.82) is 0 Å². The van der Waals surface area contributed by atoms with Gasteiger partial charge in [0.15, 0.2) is 11.4 Å². The van der Waals surface area contributed by atoms with E-state index in [1.807, 2.05) is 36.4 Å². The lowest BCUT2D eigenvalue weighted by Crippen LogP contribution is -1.96. The molecule has 0 bridgehead atoms. The van der Waals surface area contributed by atoms with Crippen LogP contribution < -0.4 is 0 Å². The first-order chi connectivity index (χ1) is 28.7. The molecule has 0 N–H and O–H groups in total. The Morgan fingerprint density at radius 3 is 1.83 bits per heavy atom. The van der Waals surface area contributed by atoms with Crippen LogP contribution in [0.5, 0.6) is 0 Å². The molecule has 4 aromatic heterocycles. The van der Waals surface area contributed by atoms with Crippen molar-refractivity contribution in [2.24, 2.45) is 0 Å². The lowest BCUT2D eigenvalue weighted by Gasteiger charge is -2.11.